The fraction of sp³-hybridized carbons (Fsp3) is 0.105. The molecule has 3 aromatic rings. The second-order valence-corrected chi connectivity index (χ2v) is 5.60. The summed E-state index contributed by atoms with van der Waals surface area (Å²) in [6.07, 6.45) is 0. The van der Waals surface area contributed by atoms with Gasteiger partial charge < -0.3 is 19.6 Å². The quantitative estimate of drug-likeness (QED) is 0.507. The zero-order valence-electron chi connectivity index (χ0n) is 14.3. The first-order chi connectivity index (χ1) is 13.0. The molecule has 0 radical (unpaired) electrons. The molecule has 0 saturated carbocycles. The summed E-state index contributed by atoms with van der Waals surface area (Å²) in [6, 6.07) is 13.8. The van der Waals surface area contributed by atoms with Crippen molar-refractivity contribution >= 4 is 17.3 Å². The number of nitrogens with one attached hydrogen (secondary N) is 1. The molecule has 0 bridgehead atoms. The van der Waals surface area contributed by atoms with E-state index in [1.54, 1.807) is 30.3 Å². The highest BCUT2D eigenvalue weighted by atomic mass is 16.6. The largest absolute Gasteiger partial charge is 0.496 e. The van der Waals surface area contributed by atoms with Gasteiger partial charge >= 0.3 is 0 Å². The van der Waals surface area contributed by atoms with Crippen LogP contribution in [0.15, 0.2) is 59.0 Å². The summed E-state index contributed by atoms with van der Waals surface area (Å²) in [7, 11) is 1.51. The number of aliphatic hydroxyl groups excluding tert-OH is 1. The minimum atomic E-state index is -0.558. The van der Waals surface area contributed by atoms with Crippen molar-refractivity contribution in [2.45, 2.75) is 6.61 Å². The van der Waals surface area contributed by atoms with Gasteiger partial charge in [-0.1, -0.05) is 6.07 Å². The van der Waals surface area contributed by atoms with Crippen LogP contribution in [0.25, 0.3) is 11.3 Å². The molecule has 0 fully saturated rings. The van der Waals surface area contributed by atoms with E-state index in [1.807, 2.05) is 0 Å². The smallest absolute Gasteiger partial charge is 0.270 e. The highest BCUT2D eigenvalue weighted by Crippen LogP contribution is 2.34. The molecule has 0 saturated heterocycles. The molecule has 2 N–H and O–H groups in total. The molecule has 8 nitrogen and oxygen atoms in total. The van der Waals surface area contributed by atoms with Gasteiger partial charge in [0.05, 0.1) is 17.6 Å². The summed E-state index contributed by atoms with van der Waals surface area (Å²) in [5.41, 5.74) is 1.06. The van der Waals surface area contributed by atoms with Gasteiger partial charge in [-0.05, 0) is 36.4 Å². The van der Waals surface area contributed by atoms with Crippen LogP contribution >= 0.6 is 0 Å². The molecular formula is C19H16N2O6. The summed E-state index contributed by atoms with van der Waals surface area (Å²) in [5, 5.41) is 22.7. The molecule has 0 aliphatic carbocycles. The van der Waals surface area contributed by atoms with Crippen LogP contribution in [0.3, 0.4) is 0 Å². The molecule has 3 rings (SSSR count). The lowest BCUT2D eigenvalue weighted by Crippen LogP contribution is -2.12. The predicted octanol–water partition coefficient (Wildman–Crippen LogP) is 3.61. The number of nitro benzene ring substituents is 1. The number of methoxy groups -OCH3 is 1. The van der Waals surface area contributed by atoms with Gasteiger partial charge in [0.2, 0.25) is 0 Å². The first kappa shape index (κ1) is 18.2. The fourth-order valence-electron chi connectivity index (χ4n) is 2.55. The normalized spacial score (nSPS) is 10.4. The molecule has 0 unspecified atom stereocenters. The molecule has 1 heterocycles. The zero-order chi connectivity index (χ0) is 19.4. The lowest BCUT2D eigenvalue weighted by molar-refractivity contribution is -0.384. The number of non-ortho nitro benzene ring substituents is 1. The second-order valence-electron chi connectivity index (χ2n) is 5.60. The maximum atomic E-state index is 12.4. The van der Waals surface area contributed by atoms with E-state index in [4.69, 9.17) is 14.3 Å². The first-order valence-electron chi connectivity index (χ1n) is 7.95. The highest BCUT2D eigenvalue weighted by molar-refractivity contribution is 6.05. The van der Waals surface area contributed by atoms with Crippen LogP contribution in [-0.4, -0.2) is 23.0 Å². The molecule has 0 aliphatic rings. The van der Waals surface area contributed by atoms with Crippen LogP contribution in [0.4, 0.5) is 11.4 Å². The molecule has 0 spiro atoms. The van der Waals surface area contributed by atoms with Crippen molar-refractivity contribution in [3.8, 4) is 17.1 Å². The number of benzene rings is 2. The maximum Gasteiger partial charge on any atom is 0.270 e. The molecule has 8 heteroatoms. The van der Waals surface area contributed by atoms with Crippen molar-refractivity contribution in [2.75, 3.05) is 12.4 Å². The van der Waals surface area contributed by atoms with E-state index < -0.39 is 10.8 Å². The fourth-order valence-corrected chi connectivity index (χ4v) is 2.55. The Morgan fingerprint density at radius 1 is 1.22 bits per heavy atom. The Morgan fingerprint density at radius 2 is 2.04 bits per heavy atom. The number of hydrogen-bond donors (Lipinski definition) is 2. The maximum absolute atomic E-state index is 12.4. The molecule has 1 aromatic heterocycles. The van der Waals surface area contributed by atoms with Gasteiger partial charge in [0.25, 0.3) is 11.6 Å². The third kappa shape index (κ3) is 3.96. The number of anilines is 1. The summed E-state index contributed by atoms with van der Waals surface area (Å²) < 4.78 is 10.8. The third-order valence-electron chi connectivity index (χ3n) is 3.86. The van der Waals surface area contributed by atoms with Gasteiger partial charge in [-0.15, -0.1) is 0 Å². The van der Waals surface area contributed by atoms with Crippen molar-refractivity contribution in [1.29, 1.82) is 0 Å². The summed E-state index contributed by atoms with van der Waals surface area (Å²) in [4.78, 5) is 22.7. The van der Waals surface area contributed by atoms with Gasteiger partial charge in [0.15, 0.2) is 0 Å². The highest BCUT2D eigenvalue weighted by Gasteiger charge is 2.15. The van der Waals surface area contributed by atoms with E-state index in [9.17, 15) is 14.9 Å². The van der Waals surface area contributed by atoms with E-state index in [0.717, 1.165) is 0 Å². The minimum Gasteiger partial charge on any atom is -0.496 e. The van der Waals surface area contributed by atoms with Crippen LogP contribution in [0, 0.1) is 10.1 Å². The molecular weight excluding hydrogens is 352 g/mol. The Balaban J connectivity index is 1.89. The van der Waals surface area contributed by atoms with Crippen LogP contribution in [-0.2, 0) is 6.61 Å². The van der Waals surface area contributed by atoms with Gasteiger partial charge in [-0.2, -0.15) is 0 Å². The third-order valence-corrected chi connectivity index (χ3v) is 3.86. The Morgan fingerprint density at radius 3 is 2.70 bits per heavy atom. The van der Waals surface area contributed by atoms with E-state index in [2.05, 4.69) is 5.32 Å². The molecule has 0 aliphatic heterocycles. The topological polar surface area (TPSA) is 115 Å². The number of furan rings is 1. The van der Waals surface area contributed by atoms with E-state index >= 15 is 0 Å². The Labute approximate surface area is 154 Å². The Hall–Kier alpha value is -3.65. The van der Waals surface area contributed by atoms with E-state index in [-0.39, 0.29) is 17.9 Å². The molecule has 2 aromatic carbocycles. The van der Waals surface area contributed by atoms with Crippen molar-refractivity contribution in [3.63, 3.8) is 0 Å². The Bertz CT molecular complexity index is 995. The van der Waals surface area contributed by atoms with Crippen LogP contribution in [0.5, 0.6) is 5.75 Å². The zero-order valence-corrected chi connectivity index (χ0v) is 14.3. The number of hydrogen-bond acceptors (Lipinski definition) is 6. The summed E-state index contributed by atoms with van der Waals surface area (Å²) in [6.45, 7) is -0.231. The van der Waals surface area contributed by atoms with Crippen LogP contribution in [0.1, 0.15) is 16.1 Å². The number of aliphatic hydroxyl groups is 1. The standard InChI is InChI=1S/C19H16N2O6/c1-26-17-7-5-13(10-16(17)18-8-6-15(11-22)27-18)20-19(23)12-3-2-4-14(9-12)21(24)25/h2-10,22H,11H2,1H3,(H,20,23). The van der Waals surface area contributed by atoms with E-state index in [0.29, 0.717) is 28.5 Å². The van der Waals surface area contributed by atoms with Crippen molar-refractivity contribution in [3.05, 3.63) is 76.0 Å². The lowest BCUT2D eigenvalue weighted by atomic mass is 10.1. The molecule has 0 atom stereocenters. The number of nitro groups is 1. The number of carbonyl (C=O) groups is 1. The summed E-state index contributed by atoms with van der Waals surface area (Å²) >= 11 is 0. The number of nitrogens with zero attached hydrogens (tertiary/aromatic N) is 1. The average Bonchev–Trinajstić information content (AvgIpc) is 3.17. The monoisotopic (exact) mass is 368 g/mol. The van der Waals surface area contributed by atoms with E-state index in [1.165, 1.54) is 31.4 Å². The summed E-state index contributed by atoms with van der Waals surface area (Å²) in [5.74, 6) is 0.924. The molecule has 27 heavy (non-hydrogen) atoms. The van der Waals surface area contributed by atoms with Crippen molar-refractivity contribution in [1.82, 2.24) is 0 Å². The number of rotatable bonds is 6. The number of ether oxygens (including phenoxy) is 1. The van der Waals surface area contributed by atoms with Gasteiger partial charge in [0, 0.05) is 23.4 Å². The van der Waals surface area contributed by atoms with Gasteiger partial charge in [0.1, 0.15) is 23.9 Å². The van der Waals surface area contributed by atoms with Crippen LogP contribution < -0.4 is 10.1 Å². The lowest BCUT2D eigenvalue weighted by Gasteiger charge is -2.10. The Kier molecular flexibility index (Phi) is 5.18. The number of amides is 1. The SMILES string of the molecule is COc1ccc(NC(=O)c2cccc([N+](=O)[O-])c2)cc1-c1ccc(CO)o1. The number of carbonyl (C=O) groups excluding carboxylic acids is 1. The van der Waals surface area contributed by atoms with Gasteiger partial charge in [-0.25, -0.2) is 0 Å². The average molecular weight is 368 g/mol. The van der Waals surface area contributed by atoms with Gasteiger partial charge in [-0.3, -0.25) is 14.9 Å². The van der Waals surface area contributed by atoms with Crippen molar-refractivity contribution < 1.29 is 24.0 Å². The first-order valence-corrected chi connectivity index (χ1v) is 7.95. The van der Waals surface area contributed by atoms with Crippen molar-refractivity contribution in [2.24, 2.45) is 0 Å². The van der Waals surface area contributed by atoms with Crippen LogP contribution in [0.2, 0.25) is 0 Å². The second kappa shape index (κ2) is 7.71. The molecule has 138 valence electrons. The predicted molar refractivity (Wildman–Crippen MR) is 97.7 cm³/mol. The minimum absolute atomic E-state index is 0.162. The molecule has 1 amide bonds.